The molecule has 0 amide bonds. The van der Waals surface area contributed by atoms with Gasteiger partial charge in [0.1, 0.15) is 5.82 Å². The summed E-state index contributed by atoms with van der Waals surface area (Å²) in [6, 6.07) is 3.85. The SMILES string of the molecule is Cc1cc(N2CCC(N(C)C)C2)c([C@@H](C)O)cc1F. The summed E-state index contributed by atoms with van der Waals surface area (Å²) < 4.78 is 13.7. The number of aliphatic hydroxyl groups is 1. The van der Waals surface area contributed by atoms with Gasteiger partial charge >= 0.3 is 0 Å². The fraction of sp³-hybridized carbons (Fsp3) is 0.600. The average Bonchev–Trinajstić information content (AvgIpc) is 2.81. The Labute approximate surface area is 114 Å². The fourth-order valence-corrected chi connectivity index (χ4v) is 2.67. The Morgan fingerprint density at radius 2 is 2.11 bits per heavy atom. The zero-order chi connectivity index (χ0) is 14.2. The predicted octanol–water partition coefficient (Wildman–Crippen LogP) is 2.33. The molecule has 106 valence electrons. The normalized spacial score (nSPS) is 21.2. The molecule has 1 saturated heterocycles. The highest BCUT2D eigenvalue weighted by atomic mass is 19.1. The smallest absolute Gasteiger partial charge is 0.126 e. The standard InChI is InChI=1S/C15H23FN2O/c1-10-7-15(13(11(2)19)8-14(10)16)18-6-5-12(9-18)17(3)4/h7-8,11-12,19H,5-6,9H2,1-4H3/t11-,12?/m1/s1. The maximum atomic E-state index is 13.7. The van der Waals surface area contributed by atoms with Gasteiger partial charge in [-0.2, -0.15) is 0 Å². The molecule has 2 atom stereocenters. The van der Waals surface area contributed by atoms with E-state index in [1.54, 1.807) is 13.8 Å². The van der Waals surface area contributed by atoms with Gasteiger partial charge in [0.25, 0.3) is 0 Å². The number of aliphatic hydroxyl groups excluding tert-OH is 1. The second-order valence-electron chi connectivity index (χ2n) is 5.69. The molecule has 2 rings (SSSR count). The molecule has 19 heavy (non-hydrogen) atoms. The van der Waals surface area contributed by atoms with Crippen molar-refractivity contribution in [1.82, 2.24) is 4.90 Å². The molecule has 1 aromatic rings. The number of anilines is 1. The highest BCUT2D eigenvalue weighted by Gasteiger charge is 2.26. The molecule has 3 nitrogen and oxygen atoms in total. The van der Waals surface area contributed by atoms with E-state index >= 15 is 0 Å². The molecule has 4 heteroatoms. The first kappa shape index (κ1) is 14.3. The molecule has 0 radical (unpaired) electrons. The van der Waals surface area contributed by atoms with Crippen molar-refractivity contribution in [2.45, 2.75) is 32.4 Å². The molecule has 0 saturated carbocycles. The van der Waals surface area contributed by atoms with Crippen molar-refractivity contribution in [3.05, 3.63) is 29.1 Å². The molecular formula is C15H23FN2O. The van der Waals surface area contributed by atoms with Crippen LogP contribution >= 0.6 is 0 Å². The lowest BCUT2D eigenvalue weighted by molar-refractivity contribution is 0.199. The quantitative estimate of drug-likeness (QED) is 0.909. The van der Waals surface area contributed by atoms with Crippen LogP contribution in [-0.4, -0.2) is 43.2 Å². The van der Waals surface area contributed by atoms with Gasteiger partial charge in [0.15, 0.2) is 0 Å². The predicted molar refractivity (Wildman–Crippen MR) is 76.1 cm³/mol. The molecule has 1 unspecified atom stereocenters. The summed E-state index contributed by atoms with van der Waals surface area (Å²) >= 11 is 0. The van der Waals surface area contributed by atoms with Gasteiger partial charge < -0.3 is 14.9 Å². The van der Waals surface area contributed by atoms with Gasteiger partial charge in [-0.05, 0) is 52.1 Å². The lowest BCUT2D eigenvalue weighted by atomic mass is 10.0. The van der Waals surface area contributed by atoms with Gasteiger partial charge in [-0.25, -0.2) is 4.39 Å². The molecule has 1 fully saturated rings. The maximum absolute atomic E-state index is 13.7. The van der Waals surface area contributed by atoms with E-state index in [-0.39, 0.29) is 5.82 Å². The van der Waals surface area contributed by atoms with Crippen molar-refractivity contribution in [2.24, 2.45) is 0 Å². The maximum Gasteiger partial charge on any atom is 0.126 e. The Kier molecular flexibility index (Phi) is 4.11. The molecule has 1 aliphatic rings. The number of hydrogen-bond donors (Lipinski definition) is 1. The van der Waals surface area contributed by atoms with Crippen LogP contribution in [-0.2, 0) is 0 Å². The third-order valence-corrected chi connectivity index (χ3v) is 3.99. The van der Waals surface area contributed by atoms with E-state index in [1.807, 2.05) is 6.07 Å². The van der Waals surface area contributed by atoms with Crippen molar-refractivity contribution in [3.63, 3.8) is 0 Å². The molecular weight excluding hydrogens is 243 g/mol. The largest absolute Gasteiger partial charge is 0.389 e. The Bertz CT molecular complexity index is 460. The van der Waals surface area contributed by atoms with Gasteiger partial charge in [-0.3, -0.25) is 0 Å². The van der Waals surface area contributed by atoms with Crippen LogP contribution in [0, 0.1) is 12.7 Å². The van der Waals surface area contributed by atoms with Gasteiger partial charge in [-0.1, -0.05) is 0 Å². The lowest BCUT2D eigenvalue weighted by Crippen LogP contribution is -2.31. The van der Waals surface area contributed by atoms with Gasteiger partial charge in [-0.15, -0.1) is 0 Å². The zero-order valence-corrected chi connectivity index (χ0v) is 12.2. The second kappa shape index (κ2) is 5.47. The van der Waals surface area contributed by atoms with Crippen molar-refractivity contribution in [2.75, 3.05) is 32.1 Å². The van der Waals surface area contributed by atoms with E-state index in [4.69, 9.17) is 0 Å². The molecule has 0 spiro atoms. The summed E-state index contributed by atoms with van der Waals surface area (Å²) in [5.74, 6) is -0.247. The summed E-state index contributed by atoms with van der Waals surface area (Å²) in [6.07, 6.45) is 0.450. The van der Waals surface area contributed by atoms with Gasteiger partial charge in [0.2, 0.25) is 0 Å². The Hall–Kier alpha value is -1.13. The van der Waals surface area contributed by atoms with E-state index in [1.165, 1.54) is 6.07 Å². The van der Waals surface area contributed by atoms with Crippen LogP contribution in [0.15, 0.2) is 12.1 Å². The van der Waals surface area contributed by atoms with Gasteiger partial charge in [0, 0.05) is 30.4 Å². The first-order valence-electron chi connectivity index (χ1n) is 6.79. The van der Waals surface area contributed by atoms with E-state index < -0.39 is 6.10 Å². The molecule has 0 aliphatic carbocycles. The Morgan fingerprint density at radius 1 is 1.42 bits per heavy atom. The number of aryl methyl sites for hydroxylation is 1. The number of rotatable bonds is 3. The molecule has 0 aromatic heterocycles. The van der Waals surface area contributed by atoms with Crippen molar-refractivity contribution in [3.8, 4) is 0 Å². The summed E-state index contributed by atoms with van der Waals surface area (Å²) in [7, 11) is 4.17. The highest BCUT2D eigenvalue weighted by Crippen LogP contribution is 2.32. The van der Waals surface area contributed by atoms with E-state index in [9.17, 15) is 9.50 Å². The third-order valence-electron chi connectivity index (χ3n) is 3.99. The zero-order valence-electron chi connectivity index (χ0n) is 12.2. The van der Waals surface area contributed by atoms with Crippen LogP contribution in [0.4, 0.5) is 10.1 Å². The van der Waals surface area contributed by atoms with Gasteiger partial charge in [0.05, 0.1) is 6.10 Å². The molecule has 1 aromatic carbocycles. The van der Waals surface area contributed by atoms with E-state index in [2.05, 4.69) is 23.9 Å². The second-order valence-corrected chi connectivity index (χ2v) is 5.69. The summed E-state index contributed by atoms with van der Waals surface area (Å²) in [5.41, 5.74) is 2.29. The Morgan fingerprint density at radius 3 is 2.63 bits per heavy atom. The van der Waals surface area contributed by atoms with Crippen LogP contribution < -0.4 is 4.90 Å². The first-order chi connectivity index (χ1) is 8.90. The molecule has 1 aliphatic heterocycles. The minimum absolute atomic E-state index is 0.247. The Balaban J connectivity index is 2.32. The van der Waals surface area contributed by atoms with Crippen LogP contribution in [0.5, 0.6) is 0 Å². The minimum Gasteiger partial charge on any atom is -0.389 e. The molecule has 1 N–H and O–H groups in total. The van der Waals surface area contributed by atoms with Crippen LogP contribution in [0.1, 0.15) is 30.6 Å². The first-order valence-corrected chi connectivity index (χ1v) is 6.79. The fourth-order valence-electron chi connectivity index (χ4n) is 2.67. The minimum atomic E-state index is -0.650. The number of halogens is 1. The van der Waals surface area contributed by atoms with E-state index in [0.717, 1.165) is 25.2 Å². The van der Waals surface area contributed by atoms with Crippen LogP contribution in [0.25, 0.3) is 0 Å². The highest BCUT2D eigenvalue weighted by molar-refractivity contribution is 5.57. The summed E-state index contributed by atoms with van der Waals surface area (Å²) in [6.45, 7) is 5.34. The third kappa shape index (κ3) is 2.90. The number of hydrogen-bond acceptors (Lipinski definition) is 3. The summed E-state index contributed by atoms with van der Waals surface area (Å²) in [4.78, 5) is 4.47. The van der Waals surface area contributed by atoms with Crippen LogP contribution in [0.3, 0.4) is 0 Å². The van der Waals surface area contributed by atoms with Crippen molar-refractivity contribution < 1.29 is 9.50 Å². The number of likely N-dealkylation sites (N-methyl/N-ethyl adjacent to an activating group) is 1. The van der Waals surface area contributed by atoms with E-state index in [0.29, 0.717) is 17.2 Å². The van der Waals surface area contributed by atoms with Crippen molar-refractivity contribution >= 4 is 5.69 Å². The number of nitrogens with zero attached hydrogens (tertiary/aromatic N) is 2. The van der Waals surface area contributed by atoms with Crippen molar-refractivity contribution in [1.29, 1.82) is 0 Å². The van der Waals surface area contributed by atoms with Crippen LogP contribution in [0.2, 0.25) is 0 Å². The number of benzene rings is 1. The molecule has 0 bridgehead atoms. The molecule has 1 heterocycles. The summed E-state index contributed by atoms with van der Waals surface area (Å²) in [5, 5.41) is 9.85. The topological polar surface area (TPSA) is 26.7 Å². The lowest BCUT2D eigenvalue weighted by Gasteiger charge is -2.25. The average molecular weight is 266 g/mol. The monoisotopic (exact) mass is 266 g/mol.